The number of carbonyl (C=O) groups is 1. The van der Waals surface area contributed by atoms with Gasteiger partial charge in [0.05, 0.1) is 6.10 Å². The molecule has 1 aliphatic heterocycles. The summed E-state index contributed by atoms with van der Waals surface area (Å²) in [4.78, 5) is 14.6. The molecule has 0 aromatic heterocycles. The Morgan fingerprint density at radius 3 is 2.29 bits per heavy atom. The highest BCUT2D eigenvalue weighted by Crippen LogP contribution is 2.25. The second kappa shape index (κ2) is 6.10. The maximum Gasteiger partial charge on any atom is 0.254 e. The average molecular weight is 281 g/mol. The molecule has 3 nitrogen and oxygen atoms in total. The van der Waals surface area contributed by atoms with Gasteiger partial charge in [-0.05, 0) is 30.0 Å². The zero-order valence-electron chi connectivity index (χ0n) is 11.9. The molecule has 3 rings (SSSR count). The van der Waals surface area contributed by atoms with E-state index in [-0.39, 0.29) is 12.0 Å². The second-order valence-electron chi connectivity index (χ2n) is 5.43. The molecule has 0 unspecified atom stereocenters. The van der Waals surface area contributed by atoms with Crippen LogP contribution >= 0.6 is 0 Å². The van der Waals surface area contributed by atoms with E-state index in [4.69, 9.17) is 0 Å². The molecule has 1 aliphatic rings. The lowest BCUT2D eigenvalue weighted by atomic mass is 9.98. The van der Waals surface area contributed by atoms with Gasteiger partial charge in [-0.25, -0.2) is 0 Å². The molecule has 0 saturated carbocycles. The number of amides is 1. The Balaban J connectivity index is 1.90. The zero-order chi connectivity index (χ0) is 14.7. The third kappa shape index (κ3) is 2.98. The predicted molar refractivity (Wildman–Crippen MR) is 83.0 cm³/mol. The normalized spacial score (nSPS) is 16.0. The molecule has 0 bridgehead atoms. The van der Waals surface area contributed by atoms with Crippen LogP contribution in [0.2, 0.25) is 0 Å². The van der Waals surface area contributed by atoms with Gasteiger partial charge in [-0.1, -0.05) is 48.5 Å². The Labute approximate surface area is 124 Å². The SMILES string of the molecule is O=C(c1ccccc1-c1ccccc1)N1CCC(O)CC1. The summed E-state index contributed by atoms with van der Waals surface area (Å²) in [7, 11) is 0. The number of nitrogens with zero attached hydrogens (tertiary/aromatic N) is 1. The smallest absolute Gasteiger partial charge is 0.254 e. The lowest BCUT2D eigenvalue weighted by Gasteiger charge is -2.30. The molecule has 1 N–H and O–H groups in total. The lowest BCUT2D eigenvalue weighted by Crippen LogP contribution is -2.40. The van der Waals surface area contributed by atoms with E-state index in [9.17, 15) is 9.90 Å². The number of hydrogen-bond donors (Lipinski definition) is 1. The maximum absolute atomic E-state index is 12.7. The minimum absolute atomic E-state index is 0.0568. The van der Waals surface area contributed by atoms with Gasteiger partial charge >= 0.3 is 0 Å². The standard InChI is InChI=1S/C18H19NO2/c20-15-10-12-19(13-11-15)18(21)17-9-5-4-8-16(17)14-6-2-1-3-7-14/h1-9,15,20H,10-13H2. The summed E-state index contributed by atoms with van der Waals surface area (Å²) in [5.74, 6) is 0.0568. The summed E-state index contributed by atoms with van der Waals surface area (Å²) < 4.78 is 0. The van der Waals surface area contributed by atoms with Gasteiger partial charge in [-0.2, -0.15) is 0 Å². The van der Waals surface area contributed by atoms with Crippen LogP contribution in [0.15, 0.2) is 54.6 Å². The molecule has 1 heterocycles. The van der Waals surface area contributed by atoms with Crippen molar-refractivity contribution in [3.63, 3.8) is 0 Å². The van der Waals surface area contributed by atoms with Crippen molar-refractivity contribution in [2.45, 2.75) is 18.9 Å². The number of rotatable bonds is 2. The van der Waals surface area contributed by atoms with Crippen LogP contribution in [-0.4, -0.2) is 35.1 Å². The van der Waals surface area contributed by atoms with Crippen molar-refractivity contribution in [2.75, 3.05) is 13.1 Å². The van der Waals surface area contributed by atoms with Crippen LogP contribution < -0.4 is 0 Å². The molecular formula is C18H19NO2. The van der Waals surface area contributed by atoms with E-state index in [1.165, 1.54) is 0 Å². The van der Waals surface area contributed by atoms with Crippen molar-refractivity contribution >= 4 is 5.91 Å². The molecule has 0 spiro atoms. The Morgan fingerprint density at radius 2 is 1.57 bits per heavy atom. The first kappa shape index (κ1) is 13.8. The van der Waals surface area contributed by atoms with Crippen molar-refractivity contribution in [1.82, 2.24) is 4.90 Å². The van der Waals surface area contributed by atoms with E-state index >= 15 is 0 Å². The molecule has 2 aromatic rings. The molecule has 3 heteroatoms. The number of aliphatic hydroxyl groups is 1. The van der Waals surface area contributed by atoms with Crippen molar-refractivity contribution in [3.8, 4) is 11.1 Å². The third-order valence-corrected chi connectivity index (χ3v) is 3.99. The van der Waals surface area contributed by atoms with Crippen LogP contribution in [0.25, 0.3) is 11.1 Å². The van der Waals surface area contributed by atoms with Crippen LogP contribution in [0.5, 0.6) is 0 Å². The molecule has 0 atom stereocenters. The van der Waals surface area contributed by atoms with Crippen LogP contribution in [0.4, 0.5) is 0 Å². The molecule has 108 valence electrons. The van der Waals surface area contributed by atoms with E-state index in [1.807, 2.05) is 59.5 Å². The number of piperidine rings is 1. The van der Waals surface area contributed by atoms with E-state index in [1.54, 1.807) is 0 Å². The Kier molecular flexibility index (Phi) is 4.02. The summed E-state index contributed by atoms with van der Waals surface area (Å²) in [5, 5.41) is 9.57. The molecule has 0 aliphatic carbocycles. The first-order chi connectivity index (χ1) is 10.3. The van der Waals surface area contributed by atoms with Crippen LogP contribution in [0.1, 0.15) is 23.2 Å². The highest BCUT2D eigenvalue weighted by atomic mass is 16.3. The largest absolute Gasteiger partial charge is 0.393 e. The Bertz CT molecular complexity index is 616. The van der Waals surface area contributed by atoms with Gasteiger partial charge in [0, 0.05) is 18.7 Å². The maximum atomic E-state index is 12.7. The highest BCUT2D eigenvalue weighted by molar-refractivity contribution is 6.00. The fraction of sp³-hybridized carbons (Fsp3) is 0.278. The van der Waals surface area contributed by atoms with E-state index in [0.29, 0.717) is 25.9 Å². The van der Waals surface area contributed by atoms with Crippen LogP contribution in [0.3, 0.4) is 0 Å². The Morgan fingerprint density at radius 1 is 0.952 bits per heavy atom. The molecular weight excluding hydrogens is 262 g/mol. The average Bonchev–Trinajstić information content (AvgIpc) is 2.56. The molecule has 0 radical (unpaired) electrons. The summed E-state index contributed by atoms with van der Waals surface area (Å²) in [6.45, 7) is 1.26. The molecule has 2 aromatic carbocycles. The molecule has 21 heavy (non-hydrogen) atoms. The monoisotopic (exact) mass is 281 g/mol. The lowest BCUT2D eigenvalue weighted by molar-refractivity contribution is 0.0547. The van der Waals surface area contributed by atoms with Crippen molar-refractivity contribution in [1.29, 1.82) is 0 Å². The van der Waals surface area contributed by atoms with Crippen LogP contribution in [-0.2, 0) is 0 Å². The number of likely N-dealkylation sites (tertiary alicyclic amines) is 1. The van der Waals surface area contributed by atoms with Gasteiger partial charge in [-0.15, -0.1) is 0 Å². The molecule has 1 amide bonds. The van der Waals surface area contributed by atoms with Gasteiger partial charge in [-0.3, -0.25) is 4.79 Å². The summed E-state index contributed by atoms with van der Waals surface area (Å²) in [6.07, 6.45) is 1.07. The molecule has 1 fully saturated rings. The van der Waals surface area contributed by atoms with Gasteiger partial charge in [0.2, 0.25) is 0 Å². The van der Waals surface area contributed by atoms with Gasteiger partial charge < -0.3 is 10.0 Å². The third-order valence-electron chi connectivity index (χ3n) is 3.99. The quantitative estimate of drug-likeness (QED) is 0.919. The number of carbonyl (C=O) groups excluding carboxylic acids is 1. The van der Waals surface area contributed by atoms with E-state index in [2.05, 4.69) is 0 Å². The number of hydrogen-bond acceptors (Lipinski definition) is 2. The van der Waals surface area contributed by atoms with Crippen molar-refractivity contribution in [2.24, 2.45) is 0 Å². The van der Waals surface area contributed by atoms with E-state index in [0.717, 1.165) is 16.7 Å². The summed E-state index contributed by atoms with van der Waals surface area (Å²) >= 11 is 0. The second-order valence-corrected chi connectivity index (χ2v) is 5.43. The topological polar surface area (TPSA) is 40.5 Å². The first-order valence-corrected chi connectivity index (χ1v) is 7.37. The fourth-order valence-corrected chi connectivity index (χ4v) is 2.78. The van der Waals surface area contributed by atoms with Crippen molar-refractivity contribution in [3.05, 3.63) is 60.2 Å². The Hall–Kier alpha value is -2.13. The van der Waals surface area contributed by atoms with Gasteiger partial charge in [0.15, 0.2) is 0 Å². The van der Waals surface area contributed by atoms with E-state index < -0.39 is 0 Å². The van der Waals surface area contributed by atoms with Crippen LogP contribution in [0, 0.1) is 0 Å². The first-order valence-electron chi connectivity index (χ1n) is 7.37. The number of aliphatic hydroxyl groups excluding tert-OH is 1. The number of benzene rings is 2. The highest BCUT2D eigenvalue weighted by Gasteiger charge is 2.23. The molecule has 1 saturated heterocycles. The van der Waals surface area contributed by atoms with Crippen molar-refractivity contribution < 1.29 is 9.90 Å². The predicted octanol–water partition coefficient (Wildman–Crippen LogP) is 2.95. The minimum Gasteiger partial charge on any atom is -0.393 e. The summed E-state index contributed by atoms with van der Waals surface area (Å²) in [6, 6.07) is 17.7. The zero-order valence-corrected chi connectivity index (χ0v) is 11.9. The minimum atomic E-state index is -0.265. The summed E-state index contributed by atoms with van der Waals surface area (Å²) in [5.41, 5.74) is 2.76. The van der Waals surface area contributed by atoms with Gasteiger partial charge in [0.25, 0.3) is 5.91 Å². The van der Waals surface area contributed by atoms with Gasteiger partial charge in [0.1, 0.15) is 0 Å². The fourth-order valence-electron chi connectivity index (χ4n) is 2.78.